The molecule has 0 heterocycles. The minimum atomic E-state index is -1.64. The lowest BCUT2D eigenvalue weighted by molar-refractivity contribution is -0.870. The van der Waals surface area contributed by atoms with Crippen molar-refractivity contribution in [2.24, 2.45) is 0 Å². The normalized spacial score (nSPS) is 45.7. The highest BCUT2D eigenvalue weighted by atomic mass is 16.4. The van der Waals surface area contributed by atoms with Crippen molar-refractivity contribution in [1.82, 2.24) is 0 Å². The molecule has 0 amide bonds. The summed E-state index contributed by atoms with van der Waals surface area (Å²) in [7, 11) is 6.16. The number of aliphatic hydroxyl groups is 13. The second kappa shape index (κ2) is 12.6. The maximum atomic E-state index is 8.97. The maximum Gasteiger partial charge on any atom is 0.111 e. The predicted molar refractivity (Wildman–Crippen MR) is 102 cm³/mol. The van der Waals surface area contributed by atoms with E-state index in [9.17, 15) is 0 Å². The predicted octanol–water partition coefficient (Wildman–Crippen LogP) is -7.98. The van der Waals surface area contributed by atoms with E-state index in [0.29, 0.717) is 0 Å². The molecule has 0 radical (unpaired) electrons. The van der Waals surface area contributed by atoms with Crippen LogP contribution in [0.2, 0.25) is 0 Å². The van der Waals surface area contributed by atoms with Gasteiger partial charge in [0.15, 0.2) is 0 Å². The number of hydrogen-bond donors (Lipinski definition) is 13. The lowest BCUT2D eigenvalue weighted by atomic mass is 9.85. The van der Waals surface area contributed by atoms with Gasteiger partial charge in [0, 0.05) is 0 Å². The Morgan fingerprint density at radius 2 is 0.516 bits per heavy atom. The van der Waals surface area contributed by atoms with Crippen LogP contribution in [0.4, 0.5) is 0 Å². The molecule has 0 aromatic heterocycles. The summed E-state index contributed by atoms with van der Waals surface area (Å²) < 4.78 is 0.844. The van der Waals surface area contributed by atoms with Crippen LogP contribution < -0.4 is 0 Å². The van der Waals surface area contributed by atoms with Crippen molar-refractivity contribution in [2.75, 3.05) is 34.3 Å². The Hall–Kier alpha value is -0.560. The third-order valence-corrected chi connectivity index (χ3v) is 4.97. The van der Waals surface area contributed by atoms with Crippen LogP contribution in [-0.4, -0.2) is 178 Å². The third-order valence-electron chi connectivity index (χ3n) is 4.97. The number of nitrogens with zero attached hydrogens (tertiary/aromatic N) is 1. The van der Waals surface area contributed by atoms with Crippen molar-refractivity contribution in [3.05, 3.63) is 0 Å². The van der Waals surface area contributed by atoms with E-state index in [2.05, 4.69) is 21.1 Å². The van der Waals surface area contributed by atoms with Gasteiger partial charge in [-0.25, -0.2) is 0 Å². The molecule has 0 unspecified atom stereocenters. The Labute approximate surface area is 179 Å². The van der Waals surface area contributed by atoms with Crippen LogP contribution >= 0.6 is 0 Å². The number of quaternary nitrogens is 1. The number of rotatable bonds is 2. The van der Waals surface area contributed by atoms with Gasteiger partial charge in [-0.05, 0) is 0 Å². The Kier molecular flexibility index (Phi) is 12.4. The highest BCUT2D eigenvalue weighted by Gasteiger charge is 2.48. The smallest absolute Gasteiger partial charge is 0.111 e. The van der Waals surface area contributed by atoms with E-state index in [1.165, 1.54) is 0 Å². The Morgan fingerprint density at radius 3 is 0.548 bits per heavy atom. The van der Waals surface area contributed by atoms with Crippen molar-refractivity contribution < 1.29 is 70.9 Å². The van der Waals surface area contributed by atoms with E-state index in [1.54, 1.807) is 0 Å². The minimum Gasteiger partial charge on any atom is -0.391 e. The van der Waals surface area contributed by atoms with Crippen molar-refractivity contribution in [1.29, 1.82) is 0 Å². The molecule has 2 fully saturated rings. The maximum absolute atomic E-state index is 8.97. The zero-order valence-corrected chi connectivity index (χ0v) is 17.6. The first-order valence-electron chi connectivity index (χ1n) is 9.57. The number of likely N-dealkylation sites (N-methyl/N-ethyl adjacent to an activating group) is 1. The van der Waals surface area contributed by atoms with Gasteiger partial charge in [-0.2, -0.15) is 0 Å². The molecule has 31 heavy (non-hydrogen) atoms. The monoisotopic (exact) mass is 464 g/mol. The molecule has 0 bridgehead atoms. The van der Waals surface area contributed by atoms with Crippen molar-refractivity contribution >= 4 is 0 Å². The summed E-state index contributed by atoms with van der Waals surface area (Å²) in [5.41, 5.74) is 0. The van der Waals surface area contributed by atoms with Crippen molar-refractivity contribution in [2.45, 2.75) is 73.2 Å². The molecule has 0 aromatic carbocycles. The molecule has 0 spiro atoms. The van der Waals surface area contributed by atoms with Crippen LogP contribution in [0.3, 0.4) is 0 Å². The molecule has 0 aliphatic heterocycles. The van der Waals surface area contributed by atoms with E-state index < -0.39 is 73.2 Å². The van der Waals surface area contributed by atoms with Crippen LogP contribution in [0.5, 0.6) is 0 Å². The molecule has 14 nitrogen and oxygen atoms in total. The summed E-state index contributed by atoms with van der Waals surface area (Å²) in [6.07, 6.45) is -19.7. The summed E-state index contributed by atoms with van der Waals surface area (Å²) in [6.45, 7) is 1.11. The van der Waals surface area contributed by atoms with Gasteiger partial charge in [-0.1, -0.05) is 0 Å². The summed E-state index contributed by atoms with van der Waals surface area (Å²) in [5.74, 6) is 0. The van der Waals surface area contributed by atoms with E-state index in [4.69, 9.17) is 66.4 Å². The average Bonchev–Trinajstić information content (AvgIpc) is 2.70. The topological polar surface area (TPSA) is 263 Å². The van der Waals surface area contributed by atoms with Crippen molar-refractivity contribution in [3.63, 3.8) is 0 Å². The fourth-order valence-corrected chi connectivity index (χ4v) is 2.72. The fraction of sp³-hybridized carbons (Fsp3) is 1.00. The molecule has 13 N–H and O–H groups in total. The Balaban J connectivity index is 0.000000454. The zero-order chi connectivity index (χ0) is 24.8. The van der Waals surface area contributed by atoms with E-state index >= 15 is 0 Å². The van der Waals surface area contributed by atoms with Crippen LogP contribution in [0.25, 0.3) is 0 Å². The van der Waals surface area contributed by atoms with Gasteiger partial charge in [-0.15, -0.1) is 0 Å². The van der Waals surface area contributed by atoms with Crippen LogP contribution in [0.1, 0.15) is 0 Å². The van der Waals surface area contributed by atoms with Crippen molar-refractivity contribution in [3.8, 4) is 0 Å². The molecule has 2 saturated carbocycles. The molecule has 2 aliphatic carbocycles. The van der Waals surface area contributed by atoms with E-state index in [-0.39, 0.29) is 6.61 Å². The first kappa shape index (κ1) is 30.4. The summed E-state index contributed by atoms with van der Waals surface area (Å²) in [6, 6.07) is 0. The highest BCUT2D eigenvalue weighted by molar-refractivity contribution is 4.99. The SMILES string of the molecule is C[N+](C)(C)CCO.OC1C(O)C(O)C(O)C(O)C1O.OC1C(O)C(O)C(O)C(O)C1O. The quantitative estimate of drug-likeness (QED) is 0.169. The standard InChI is InChI=1S/2C6H12O6.C5H14NO/c2*7-1-2(8)4(10)6(12)5(11)3(1)9;1-6(2,3)4-5-7/h2*1-12H;7H,4-5H2,1-3H3/q;;+1. The molecular formula is C17H38NO13+. The van der Waals surface area contributed by atoms with Gasteiger partial charge in [0.25, 0.3) is 0 Å². The molecule has 0 saturated heterocycles. The van der Waals surface area contributed by atoms with Gasteiger partial charge in [0.1, 0.15) is 79.8 Å². The van der Waals surface area contributed by atoms with Gasteiger partial charge in [-0.3, -0.25) is 0 Å². The van der Waals surface area contributed by atoms with E-state index in [0.717, 1.165) is 11.0 Å². The first-order chi connectivity index (χ1) is 14.0. The Morgan fingerprint density at radius 1 is 0.387 bits per heavy atom. The first-order valence-corrected chi connectivity index (χ1v) is 9.57. The molecule has 0 aromatic rings. The summed E-state index contributed by atoms with van der Waals surface area (Å²) in [5, 5.41) is 116. The highest BCUT2D eigenvalue weighted by Crippen LogP contribution is 2.21. The molecule has 14 heteroatoms. The van der Waals surface area contributed by atoms with Crippen LogP contribution in [0, 0.1) is 0 Å². The van der Waals surface area contributed by atoms with Gasteiger partial charge in [0.05, 0.1) is 27.7 Å². The molecule has 0 atom stereocenters. The Bertz CT molecular complexity index is 354. The van der Waals surface area contributed by atoms with Gasteiger partial charge in [0.2, 0.25) is 0 Å². The van der Waals surface area contributed by atoms with Gasteiger partial charge >= 0.3 is 0 Å². The largest absolute Gasteiger partial charge is 0.391 e. The minimum absolute atomic E-state index is 0.281. The lowest BCUT2D eigenvalue weighted by Crippen LogP contribution is -2.63. The second-order valence-electron chi connectivity index (χ2n) is 8.62. The molecule has 2 aliphatic rings. The third kappa shape index (κ3) is 8.38. The number of aliphatic hydroxyl groups excluding tert-OH is 13. The average molecular weight is 464 g/mol. The molecule has 188 valence electrons. The van der Waals surface area contributed by atoms with Crippen LogP contribution in [0.15, 0.2) is 0 Å². The molecule has 2 rings (SSSR count). The van der Waals surface area contributed by atoms with Gasteiger partial charge < -0.3 is 70.9 Å². The fourth-order valence-electron chi connectivity index (χ4n) is 2.72. The van der Waals surface area contributed by atoms with E-state index in [1.807, 2.05) is 0 Å². The van der Waals surface area contributed by atoms with Crippen LogP contribution in [-0.2, 0) is 0 Å². The molecular weight excluding hydrogens is 426 g/mol. The summed E-state index contributed by atoms with van der Waals surface area (Å²) in [4.78, 5) is 0. The zero-order valence-electron chi connectivity index (χ0n) is 17.6. The lowest BCUT2D eigenvalue weighted by Gasteiger charge is -2.39. The second-order valence-corrected chi connectivity index (χ2v) is 8.62. The number of hydrogen-bond acceptors (Lipinski definition) is 13. The summed E-state index contributed by atoms with van der Waals surface area (Å²) >= 11 is 0.